The van der Waals surface area contributed by atoms with Gasteiger partial charge in [-0.3, -0.25) is 4.79 Å². The van der Waals surface area contributed by atoms with E-state index < -0.39 is 0 Å². The zero-order valence-electron chi connectivity index (χ0n) is 13.4. The predicted molar refractivity (Wildman–Crippen MR) is 95.4 cm³/mol. The van der Waals surface area contributed by atoms with E-state index in [0.29, 0.717) is 6.04 Å². The molecule has 1 aliphatic carbocycles. The molecule has 0 aromatic carbocycles. The maximum absolute atomic E-state index is 13.0. The summed E-state index contributed by atoms with van der Waals surface area (Å²) in [4.78, 5) is 17.6. The van der Waals surface area contributed by atoms with Crippen LogP contribution >= 0.6 is 23.7 Å². The summed E-state index contributed by atoms with van der Waals surface area (Å²) in [5.74, 6) is 0.281. The zero-order chi connectivity index (χ0) is 14.7. The third-order valence-corrected chi connectivity index (χ3v) is 5.91. The first-order valence-electron chi connectivity index (χ1n) is 8.43. The number of hydrogen-bond donors (Lipinski definition) is 1. The summed E-state index contributed by atoms with van der Waals surface area (Å²) in [6.45, 7) is 5.14. The lowest BCUT2D eigenvalue weighted by Crippen LogP contribution is -2.46. The Morgan fingerprint density at radius 2 is 2.05 bits per heavy atom. The molecular formula is C17H27ClN2OS. The van der Waals surface area contributed by atoms with E-state index in [1.807, 2.05) is 0 Å². The Hall–Kier alpha value is -0.580. The van der Waals surface area contributed by atoms with Crippen LogP contribution in [0.1, 0.15) is 59.1 Å². The minimum absolute atomic E-state index is 0. The fourth-order valence-corrected chi connectivity index (χ4v) is 4.76. The van der Waals surface area contributed by atoms with Crippen molar-refractivity contribution in [2.24, 2.45) is 0 Å². The average Bonchev–Trinajstić information content (AvgIpc) is 2.97. The van der Waals surface area contributed by atoms with Gasteiger partial charge in [-0.25, -0.2) is 0 Å². The number of nitrogens with one attached hydrogen (secondary N) is 1. The molecule has 1 aliphatic heterocycles. The monoisotopic (exact) mass is 342 g/mol. The predicted octanol–water partition coefficient (Wildman–Crippen LogP) is 3.65. The SMILES string of the molecule is CCCN(C(=O)c1cc2c(s1)CCCC2)C1CCNCC1.Cl. The summed E-state index contributed by atoms with van der Waals surface area (Å²) in [5, 5.41) is 3.39. The number of rotatable bonds is 4. The molecule has 0 saturated carbocycles. The molecule has 5 heteroatoms. The van der Waals surface area contributed by atoms with Gasteiger partial charge in [0.2, 0.25) is 0 Å². The van der Waals surface area contributed by atoms with Crippen LogP contribution in [0, 0.1) is 0 Å². The number of nitrogens with zero attached hydrogens (tertiary/aromatic N) is 1. The second-order valence-electron chi connectivity index (χ2n) is 6.25. The van der Waals surface area contributed by atoms with E-state index in [1.165, 1.54) is 36.1 Å². The van der Waals surface area contributed by atoms with Crippen LogP contribution in [0.5, 0.6) is 0 Å². The molecule has 1 aromatic heterocycles. The lowest BCUT2D eigenvalue weighted by Gasteiger charge is -2.34. The second-order valence-corrected chi connectivity index (χ2v) is 7.38. The first kappa shape index (κ1) is 17.8. The van der Waals surface area contributed by atoms with Crippen LogP contribution in [-0.4, -0.2) is 36.5 Å². The van der Waals surface area contributed by atoms with Gasteiger partial charge >= 0.3 is 0 Å². The highest BCUT2D eigenvalue weighted by Crippen LogP contribution is 2.31. The molecule has 124 valence electrons. The summed E-state index contributed by atoms with van der Waals surface area (Å²) in [6, 6.07) is 2.61. The smallest absolute Gasteiger partial charge is 0.264 e. The highest BCUT2D eigenvalue weighted by atomic mass is 35.5. The van der Waals surface area contributed by atoms with Crippen molar-refractivity contribution < 1.29 is 4.79 Å². The first-order valence-corrected chi connectivity index (χ1v) is 9.24. The van der Waals surface area contributed by atoms with Crippen molar-refractivity contribution in [3.05, 3.63) is 21.4 Å². The molecule has 3 rings (SSSR count). The van der Waals surface area contributed by atoms with Gasteiger partial charge in [0, 0.05) is 17.5 Å². The van der Waals surface area contributed by atoms with Gasteiger partial charge in [-0.2, -0.15) is 0 Å². The van der Waals surface area contributed by atoms with Crippen LogP contribution in [-0.2, 0) is 12.8 Å². The first-order chi connectivity index (χ1) is 10.3. The number of carbonyl (C=O) groups excluding carboxylic acids is 1. The summed E-state index contributed by atoms with van der Waals surface area (Å²) in [5.41, 5.74) is 1.44. The Balaban J connectivity index is 0.00000176. The summed E-state index contributed by atoms with van der Waals surface area (Å²) in [6.07, 6.45) is 8.14. The Kier molecular flexibility index (Phi) is 6.72. The van der Waals surface area contributed by atoms with Gasteiger partial charge in [-0.1, -0.05) is 6.92 Å². The molecule has 0 unspecified atom stereocenters. The Labute approximate surface area is 143 Å². The summed E-state index contributed by atoms with van der Waals surface area (Å²) >= 11 is 1.75. The van der Waals surface area contributed by atoms with Crippen LogP contribution in [0.2, 0.25) is 0 Å². The van der Waals surface area contributed by atoms with E-state index in [-0.39, 0.29) is 18.3 Å². The third-order valence-electron chi connectivity index (χ3n) is 4.68. The molecule has 1 aromatic rings. The van der Waals surface area contributed by atoms with E-state index in [9.17, 15) is 4.79 Å². The maximum atomic E-state index is 13.0. The standard InChI is InChI=1S/C17H26N2OS.ClH/c1-2-11-19(14-7-9-18-10-8-14)17(20)16-12-13-5-3-4-6-15(13)21-16;/h12,14,18H,2-11H2,1H3;1H. The molecule has 0 bridgehead atoms. The fraction of sp³-hybridized carbons (Fsp3) is 0.706. The summed E-state index contributed by atoms with van der Waals surface area (Å²) in [7, 11) is 0. The van der Waals surface area contributed by atoms with Crippen LogP contribution in [0.3, 0.4) is 0 Å². The van der Waals surface area contributed by atoms with E-state index in [0.717, 1.165) is 43.8 Å². The molecule has 1 amide bonds. The zero-order valence-corrected chi connectivity index (χ0v) is 15.0. The number of amides is 1. The molecule has 3 nitrogen and oxygen atoms in total. The Morgan fingerprint density at radius 1 is 1.32 bits per heavy atom. The van der Waals surface area contributed by atoms with Crippen molar-refractivity contribution in [3.63, 3.8) is 0 Å². The Morgan fingerprint density at radius 3 is 2.73 bits per heavy atom. The van der Waals surface area contributed by atoms with Crippen molar-refractivity contribution in [1.82, 2.24) is 10.2 Å². The fourth-order valence-electron chi connectivity index (χ4n) is 3.55. The van der Waals surface area contributed by atoms with E-state index in [4.69, 9.17) is 0 Å². The molecule has 0 radical (unpaired) electrons. The lowest BCUT2D eigenvalue weighted by atomic mass is 9.99. The summed E-state index contributed by atoms with van der Waals surface area (Å²) < 4.78 is 0. The van der Waals surface area contributed by atoms with Gasteiger partial charge in [-0.05, 0) is 69.7 Å². The number of piperidine rings is 1. The molecular weight excluding hydrogens is 316 g/mol. The second kappa shape index (κ2) is 8.32. The van der Waals surface area contributed by atoms with Crippen molar-refractivity contribution in [2.75, 3.05) is 19.6 Å². The number of hydrogen-bond acceptors (Lipinski definition) is 3. The molecule has 1 saturated heterocycles. The van der Waals surface area contributed by atoms with Crippen LogP contribution < -0.4 is 5.32 Å². The molecule has 0 spiro atoms. The topological polar surface area (TPSA) is 32.3 Å². The third kappa shape index (κ3) is 3.84. The Bertz CT molecular complexity index is 473. The largest absolute Gasteiger partial charge is 0.335 e. The minimum Gasteiger partial charge on any atom is -0.335 e. The van der Waals surface area contributed by atoms with Crippen molar-refractivity contribution in [2.45, 2.75) is 57.9 Å². The van der Waals surface area contributed by atoms with Gasteiger partial charge in [0.05, 0.1) is 4.88 Å². The van der Waals surface area contributed by atoms with Gasteiger partial charge in [0.1, 0.15) is 0 Å². The molecule has 1 N–H and O–H groups in total. The van der Waals surface area contributed by atoms with Gasteiger partial charge < -0.3 is 10.2 Å². The maximum Gasteiger partial charge on any atom is 0.264 e. The molecule has 0 atom stereocenters. The number of carbonyl (C=O) groups is 1. The molecule has 1 fully saturated rings. The molecule has 22 heavy (non-hydrogen) atoms. The van der Waals surface area contributed by atoms with E-state index in [2.05, 4.69) is 23.2 Å². The van der Waals surface area contributed by atoms with Gasteiger partial charge in [0.15, 0.2) is 0 Å². The van der Waals surface area contributed by atoms with Crippen LogP contribution in [0.25, 0.3) is 0 Å². The minimum atomic E-state index is 0. The number of halogens is 1. The van der Waals surface area contributed by atoms with Crippen molar-refractivity contribution >= 4 is 29.7 Å². The number of thiophene rings is 1. The van der Waals surface area contributed by atoms with Gasteiger partial charge in [0.25, 0.3) is 5.91 Å². The van der Waals surface area contributed by atoms with Crippen molar-refractivity contribution in [1.29, 1.82) is 0 Å². The number of fused-ring (bicyclic) bond motifs is 1. The van der Waals surface area contributed by atoms with Gasteiger partial charge in [-0.15, -0.1) is 23.7 Å². The van der Waals surface area contributed by atoms with E-state index >= 15 is 0 Å². The highest BCUT2D eigenvalue weighted by Gasteiger charge is 2.27. The highest BCUT2D eigenvalue weighted by molar-refractivity contribution is 7.14. The van der Waals surface area contributed by atoms with E-state index in [1.54, 1.807) is 11.3 Å². The number of aryl methyl sites for hydroxylation is 2. The average molecular weight is 343 g/mol. The normalized spacial score (nSPS) is 18.4. The lowest BCUT2D eigenvalue weighted by molar-refractivity contribution is 0.0647. The molecule has 2 aliphatic rings. The molecule has 2 heterocycles. The quantitative estimate of drug-likeness (QED) is 0.905. The van der Waals surface area contributed by atoms with Crippen LogP contribution in [0.4, 0.5) is 0 Å². The van der Waals surface area contributed by atoms with Crippen molar-refractivity contribution in [3.8, 4) is 0 Å². The van der Waals surface area contributed by atoms with Crippen LogP contribution in [0.15, 0.2) is 6.07 Å².